The van der Waals surface area contributed by atoms with E-state index in [-0.39, 0.29) is 18.6 Å². The Hall–Kier alpha value is -0.610. The molecule has 1 heterocycles. The van der Waals surface area contributed by atoms with E-state index in [9.17, 15) is 4.79 Å². The van der Waals surface area contributed by atoms with Crippen molar-refractivity contribution in [2.24, 2.45) is 5.92 Å². The normalized spacial score (nSPS) is 22.6. The Morgan fingerprint density at radius 1 is 1.59 bits per heavy atom. The van der Waals surface area contributed by atoms with Gasteiger partial charge in [-0.1, -0.05) is 13.3 Å². The zero-order valence-electron chi connectivity index (χ0n) is 11.1. The Morgan fingerprint density at radius 2 is 2.35 bits per heavy atom. The topological polar surface area (TPSA) is 52.6 Å². The summed E-state index contributed by atoms with van der Waals surface area (Å²) in [6.45, 7) is 6.90. The molecule has 17 heavy (non-hydrogen) atoms. The van der Waals surface area contributed by atoms with Gasteiger partial charge in [-0.25, -0.2) is 0 Å². The molecule has 0 aliphatic carbocycles. The van der Waals surface area contributed by atoms with Gasteiger partial charge >= 0.3 is 0 Å². The van der Waals surface area contributed by atoms with Crippen molar-refractivity contribution in [3.63, 3.8) is 0 Å². The van der Waals surface area contributed by atoms with E-state index in [1.807, 2.05) is 0 Å². The van der Waals surface area contributed by atoms with Gasteiger partial charge in [-0.3, -0.25) is 9.69 Å². The Balaban J connectivity index is 2.19. The summed E-state index contributed by atoms with van der Waals surface area (Å²) in [4.78, 5) is 13.9. The van der Waals surface area contributed by atoms with E-state index in [1.165, 1.54) is 0 Å². The zero-order chi connectivity index (χ0) is 12.7. The predicted molar refractivity (Wildman–Crippen MR) is 68.8 cm³/mol. The molecule has 0 aromatic heterocycles. The highest BCUT2D eigenvalue weighted by Crippen LogP contribution is 2.18. The van der Waals surface area contributed by atoms with Gasteiger partial charge in [-0.05, 0) is 38.6 Å². The molecule has 0 aromatic carbocycles. The third-order valence-corrected chi connectivity index (χ3v) is 3.40. The van der Waals surface area contributed by atoms with Gasteiger partial charge in [0.25, 0.3) is 0 Å². The number of carbonyl (C=O) groups is 1. The van der Waals surface area contributed by atoms with Crippen LogP contribution >= 0.6 is 0 Å². The molecule has 0 bridgehead atoms. The van der Waals surface area contributed by atoms with Gasteiger partial charge in [-0.2, -0.15) is 0 Å². The Bertz CT molecular complexity index is 233. The molecule has 0 radical (unpaired) electrons. The van der Waals surface area contributed by atoms with E-state index in [2.05, 4.69) is 24.1 Å². The molecule has 0 saturated carbocycles. The van der Waals surface area contributed by atoms with Crippen LogP contribution in [0.3, 0.4) is 0 Å². The van der Waals surface area contributed by atoms with Crippen LogP contribution in [0.2, 0.25) is 0 Å². The Kier molecular flexibility index (Phi) is 6.52. The van der Waals surface area contributed by atoms with E-state index in [4.69, 9.17) is 5.11 Å². The molecule has 4 heteroatoms. The standard InChI is InChI=1S/C13H26N2O2/c1-3-4-11(2)14-13(17)10-15-7-5-12(9-15)6-8-16/h11-12,16H,3-10H2,1-2H3,(H,14,17). The predicted octanol–water partition coefficient (Wildman–Crippen LogP) is 0.995. The number of hydrogen-bond acceptors (Lipinski definition) is 3. The summed E-state index contributed by atoms with van der Waals surface area (Å²) < 4.78 is 0. The SMILES string of the molecule is CCCC(C)NC(=O)CN1CCC(CCO)C1. The highest BCUT2D eigenvalue weighted by molar-refractivity contribution is 5.78. The van der Waals surface area contributed by atoms with Crippen LogP contribution in [-0.2, 0) is 4.79 Å². The van der Waals surface area contributed by atoms with E-state index in [0.29, 0.717) is 12.5 Å². The van der Waals surface area contributed by atoms with Crippen LogP contribution in [0.15, 0.2) is 0 Å². The van der Waals surface area contributed by atoms with E-state index in [1.54, 1.807) is 0 Å². The molecular formula is C13H26N2O2. The molecule has 0 aromatic rings. The number of aliphatic hydroxyl groups excluding tert-OH is 1. The van der Waals surface area contributed by atoms with Gasteiger partial charge in [0.1, 0.15) is 0 Å². The Labute approximate surface area is 104 Å². The van der Waals surface area contributed by atoms with Gasteiger partial charge in [0, 0.05) is 19.2 Å². The summed E-state index contributed by atoms with van der Waals surface area (Å²) in [7, 11) is 0. The monoisotopic (exact) mass is 242 g/mol. The van der Waals surface area contributed by atoms with Crippen molar-refractivity contribution in [3.05, 3.63) is 0 Å². The summed E-state index contributed by atoms with van der Waals surface area (Å²) in [6, 6.07) is 0.281. The summed E-state index contributed by atoms with van der Waals surface area (Å²) in [6.07, 6.45) is 4.12. The molecular weight excluding hydrogens is 216 g/mol. The average molecular weight is 242 g/mol. The van der Waals surface area contributed by atoms with Crippen LogP contribution in [0.5, 0.6) is 0 Å². The van der Waals surface area contributed by atoms with Crippen LogP contribution in [0.25, 0.3) is 0 Å². The number of nitrogens with one attached hydrogen (secondary N) is 1. The highest BCUT2D eigenvalue weighted by Gasteiger charge is 2.23. The van der Waals surface area contributed by atoms with Gasteiger partial charge in [0.2, 0.25) is 5.91 Å². The number of aliphatic hydroxyl groups is 1. The molecule has 0 spiro atoms. The average Bonchev–Trinajstić information content (AvgIpc) is 2.66. The molecule has 1 aliphatic heterocycles. The Morgan fingerprint density at radius 3 is 3.00 bits per heavy atom. The van der Waals surface area contributed by atoms with Crippen LogP contribution in [0.1, 0.15) is 39.5 Å². The summed E-state index contributed by atoms with van der Waals surface area (Å²) in [5.74, 6) is 0.705. The minimum absolute atomic E-state index is 0.135. The van der Waals surface area contributed by atoms with Gasteiger partial charge in [0.15, 0.2) is 0 Å². The van der Waals surface area contributed by atoms with Crippen molar-refractivity contribution in [3.8, 4) is 0 Å². The van der Waals surface area contributed by atoms with Crippen molar-refractivity contribution in [2.45, 2.75) is 45.6 Å². The maximum atomic E-state index is 11.7. The number of rotatable bonds is 7. The molecule has 1 rings (SSSR count). The van der Waals surface area contributed by atoms with Gasteiger partial charge in [-0.15, -0.1) is 0 Å². The number of likely N-dealkylation sites (tertiary alicyclic amines) is 1. The number of nitrogens with zero attached hydrogens (tertiary/aromatic N) is 1. The lowest BCUT2D eigenvalue weighted by Gasteiger charge is -2.18. The number of carbonyl (C=O) groups excluding carboxylic acids is 1. The van der Waals surface area contributed by atoms with Crippen molar-refractivity contribution in [1.29, 1.82) is 0 Å². The summed E-state index contributed by atoms with van der Waals surface area (Å²) >= 11 is 0. The largest absolute Gasteiger partial charge is 0.396 e. The third kappa shape index (κ3) is 5.50. The fraction of sp³-hybridized carbons (Fsp3) is 0.923. The third-order valence-electron chi connectivity index (χ3n) is 3.40. The van der Waals surface area contributed by atoms with Crippen molar-refractivity contribution >= 4 is 5.91 Å². The van der Waals surface area contributed by atoms with Crippen molar-refractivity contribution in [1.82, 2.24) is 10.2 Å². The molecule has 2 N–H and O–H groups in total. The quantitative estimate of drug-likeness (QED) is 0.700. The minimum Gasteiger partial charge on any atom is -0.396 e. The lowest BCUT2D eigenvalue weighted by molar-refractivity contribution is -0.122. The van der Waals surface area contributed by atoms with E-state index < -0.39 is 0 Å². The van der Waals surface area contributed by atoms with Crippen LogP contribution in [-0.4, -0.2) is 48.2 Å². The molecule has 2 unspecified atom stereocenters. The number of amides is 1. The molecule has 1 amide bonds. The first-order valence-electron chi connectivity index (χ1n) is 6.78. The van der Waals surface area contributed by atoms with Crippen molar-refractivity contribution in [2.75, 3.05) is 26.2 Å². The second-order valence-electron chi connectivity index (χ2n) is 5.16. The molecule has 1 fully saturated rings. The fourth-order valence-corrected chi connectivity index (χ4v) is 2.50. The molecule has 4 nitrogen and oxygen atoms in total. The zero-order valence-corrected chi connectivity index (χ0v) is 11.1. The minimum atomic E-state index is 0.135. The number of hydrogen-bond donors (Lipinski definition) is 2. The second-order valence-corrected chi connectivity index (χ2v) is 5.16. The second kappa shape index (κ2) is 7.67. The fourth-order valence-electron chi connectivity index (χ4n) is 2.50. The van der Waals surface area contributed by atoms with Crippen LogP contribution in [0.4, 0.5) is 0 Å². The lowest BCUT2D eigenvalue weighted by atomic mass is 10.1. The van der Waals surface area contributed by atoms with E-state index >= 15 is 0 Å². The maximum absolute atomic E-state index is 11.7. The van der Waals surface area contributed by atoms with Crippen LogP contribution < -0.4 is 5.32 Å². The first-order valence-corrected chi connectivity index (χ1v) is 6.78. The summed E-state index contributed by atoms with van der Waals surface area (Å²) in [5, 5.41) is 11.9. The lowest BCUT2D eigenvalue weighted by Crippen LogP contribution is -2.40. The highest BCUT2D eigenvalue weighted by atomic mass is 16.3. The first kappa shape index (κ1) is 14.5. The summed E-state index contributed by atoms with van der Waals surface area (Å²) in [5.41, 5.74) is 0. The smallest absolute Gasteiger partial charge is 0.234 e. The van der Waals surface area contributed by atoms with Gasteiger partial charge in [0.05, 0.1) is 6.54 Å². The molecule has 1 saturated heterocycles. The van der Waals surface area contributed by atoms with Crippen molar-refractivity contribution < 1.29 is 9.90 Å². The first-order chi connectivity index (χ1) is 8.15. The molecule has 100 valence electrons. The molecule has 2 atom stereocenters. The molecule has 1 aliphatic rings. The van der Waals surface area contributed by atoms with E-state index in [0.717, 1.165) is 38.8 Å². The van der Waals surface area contributed by atoms with Gasteiger partial charge < -0.3 is 10.4 Å². The maximum Gasteiger partial charge on any atom is 0.234 e. The van der Waals surface area contributed by atoms with Crippen LogP contribution in [0, 0.1) is 5.92 Å².